The van der Waals surface area contributed by atoms with Crippen molar-refractivity contribution in [3.05, 3.63) is 23.6 Å². The highest BCUT2D eigenvalue weighted by atomic mass is 32.2. The lowest BCUT2D eigenvalue weighted by Crippen LogP contribution is -2.32. The van der Waals surface area contributed by atoms with Crippen LogP contribution in [0.3, 0.4) is 0 Å². The average Bonchev–Trinajstić information content (AvgIpc) is 2.36. The van der Waals surface area contributed by atoms with Gasteiger partial charge in [0.1, 0.15) is 21.5 Å². The molecule has 20 heavy (non-hydrogen) atoms. The van der Waals surface area contributed by atoms with Crippen molar-refractivity contribution in [2.75, 3.05) is 37.5 Å². The first kappa shape index (κ1) is 16.4. The van der Waals surface area contributed by atoms with Gasteiger partial charge in [0.25, 0.3) is 5.91 Å². The van der Waals surface area contributed by atoms with Crippen LogP contribution in [0.25, 0.3) is 0 Å². The fourth-order valence-electron chi connectivity index (χ4n) is 1.52. The van der Waals surface area contributed by atoms with Gasteiger partial charge in [0.15, 0.2) is 0 Å². The van der Waals surface area contributed by atoms with Gasteiger partial charge in [-0.15, -0.1) is 0 Å². The van der Waals surface area contributed by atoms with E-state index in [0.29, 0.717) is 6.54 Å². The summed E-state index contributed by atoms with van der Waals surface area (Å²) in [5.74, 6) is -0.956. The Morgan fingerprint density at radius 3 is 2.70 bits per heavy atom. The Bertz CT molecular complexity index is 590. The van der Waals surface area contributed by atoms with Gasteiger partial charge in [-0.25, -0.2) is 17.8 Å². The molecule has 0 radical (unpaired) electrons. The molecule has 1 rings (SSSR count). The number of halogens is 1. The minimum Gasteiger partial charge on any atom is -0.370 e. The van der Waals surface area contributed by atoms with E-state index in [1.807, 2.05) is 6.92 Å². The van der Waals surface area contributed by atoms with E-state index in [1.54, 1.807) is 0 Å². The van der Waals surface area contributed by atoms with Crippen molar-refractivity contribution in [3.8, 4) is 0 Å². The summed E-state index contributed by atoms with van der Waals surface area (Å²) in [6.45, 7) is 2.40. The largest absolute Gasteiger partial charge is 0.370 e. The molecule has 0 aliphatic rings. The Morgan fingerprint density at radius 2 is 2.15 bits per heavy atom. The van der Waals surface area contributed by atoms with Crippen molar-refractivity contribution in [2.45, 2.75) is 6.92 Å². The van der Waals surface area contributed by atoms with Gasteiger partial charge in [-0.2, -0.15) is 0 Å². The lowest BCUT2D eigenvalue weighted by molar-refractivity contribution is 0.0803. The van der Waals surface area contributed by atoms with Crippen LogP contribution in [0.5, 0.6) is 0 Å². The SMILES string of the molecule is CCNc1ncc(F)cc1C(=O)N(C)CCS(C)(=O)=O. The van der Waals surface area contributed by atoms with E-state index in [1.165, 1.54) is 11.9 Å². The highest BCUT2D eigenvalue weighted by molar-refractivity contribution is 7.90. The summed E-state index contributed by atoms with van der Waals surface area (Å²) in [5.41, 5.74) is 0.0860. The highest BCUT2D eigenvalue weighted by Crippen LogP contribution is 2.15. The molecule has 0 spiro atoms. The predicted octanol–water partition coefficient (Wildman–Crippen LogP) is 0.769. The van der Waals surface area contributed by atoms with Crippen molar-refractivity contribution in [1.82, 2.24) is 9.88 Å². The van der Waals surface area contributed by atoms with E-state index in [4.69, 9.17) is 0 Å². The maximum atomic E-state index is 13.2. The Labute approximate surface area is 117 Å². The molecule has 0 fully saturated rings. The van der Waals surface area contributed by atoms with Crippen LogP contribution in [0.15, 0.2) is 12.3 Å². The summed E-state index contributed by atoms with van der Waals surface area (Å²) in [7, 11) is -1.70. The number of hydrogen-bond acceptors (Lipinski definition) is 5. The quantitative estimate of drug-likeness (QED) is 0.839. The van der Waals surface area contributed by atoms with Gasteiger partial charge >= 0.3 is 0 Å². The predicted molar refractivity (Wildman–Crippen MR) is 75.0 cm³/mol. The van der Waals surface area contributed by atoms with Gasteiger partial charge in [-0.3, -0.25) is 4.79 Å². The Kier molecular flexibility index (Phi) is 5.43. The number of amides is 1. The summed E-state index contributed by atoms with van der Waals surface area (Å²) >= 11 is 0. The molecule has 0 aromatic carbocycles. The molecule has 1 aromatic rings. The third-order valence-electron chi connectivity index (χ3n) is 2.57. The number of nitrogens with zero attached hydrogens (tertiary/aromatic N) is 2. The smallest absolute Gasteiger partial charge is 0.257 e. The van der Waals surface area contributed by atoms with Gasteiger partial charge in [-0.05, 0) is 13.0 Å². The second-order valence-corrected chi connectivity index (χ2v) is 6.70. The van der Waals surface area contributed by atoms with Gasteiger partial charge < -0.3 is 10.2 Å². The molecule has 0 aliphatic carbocycles. The number of carbonyl (C=O) groups is 1. The van der Waals surface area contributed by atoms with Crippen LogP contribution in [0, 0.1) is 5.82 Å². The standard InChI is InChI=1S/C12H18FN3O3S/c1-4-14-11-10(7-9(13)8-15-11)12(17)16(2)5-6-20(3,18)19/h7-8H,4-6H2,1-3H3,(H,14,15). The molecule has 1 aromatic heterocycles. The lowest BCUT2D eigenvalue weighted by Gasteiger charge is -2.18. The number of pyridine rings is 1. The third-order valence-corrected chi connectivity index (χ3v) is 3.50. The lowest BCUT2D eigenvalue weighted by atomic mass is 10.2. The summed E-state index contributed by atoms with van der Waals surface area (Å²) in [4.78, 5) is 17.3. The molecule has 8 heteroatoms. The molecule has 0 unspecified atom stereocenters. The van der Waals surface area contributed by atoms with E-state index in [9.17, 15) is 17.6 Å². The summed E-state index contributed by atoms with van der Waals surface area (Å²) in [6.07, 6.45) is 2.12. The minimum atomic E-state index is -3.16. The van der Waals surface area contributed by atoms with Crippen LogP contribution in [-0.4, -0.2) is 56.4 Å². The van der Waals surface area contributed by atoms with Gasteiger partial charge in [0, 0.05) is 26.4 Å². The third kappa shape index (κ3) is 4.76. The molecule has 1 heterocycles. The normalized spacial score (nSPS) is 11.2. The molecule has 0 saturated carbocycles. The van der Waals surface area contributed by atoms with Crippen LogP contribution < -0.4 is 5.32 Å². The molecule has 0 atom stereocenters. The number of aromatic nitrogens is 1. The molecule has 6 nitrogen and oxygen atoms in total. The number of anilines is 1. The summed E-state index contributed by atoms with van der Waals surface area (Å²) in [5, 5.41) is 2.87. The van der Waals surface area contributed by atoms with Crippen LogP contribution in [0.2, 0.25) is 0 Å². The average molecular weight is 303 g/mol. The molecule has 0 bridgehead atoms. The number of nitrogens with one attached hydrogen (secondary N) is 1. The maximum Gasteiger partial charge on any atom is 0.257 e. The van der Waals surface area contributed by atoms with E-state index >= 15 is 0 Å². The highest BCUT2D eigenvalue weighted by Gasteiger charge is 2.18. The van der Waals surface area contributed by atoms with E-state index in [2.05, 4.69) is 10.3 Å². The van der Waals surface area contributed by atoms with Crippen molar-refractivity contribution >= 4 is 21.6 Å². The monoisotopic (exact) mass is 303 g/mol. The summed E-state index contributed by atoms with van der Waals surface area (Å²) in [6, 6.07) is 1.09. The molecular formula is C12H18FN3O3S. The van der Waals surface area contributed by atoms with E-state index in [0.717, 1.165) is 18.5 Å². The second kappa shape index (κ2) is 6.65. The molecule has 1 N–H and O–H groups in total. The molecule has 0 saturated heterocycles. The van der Waals surface area contributed by atoms with Crippen LogP contribution in [0.1, 0.15) is 17.3 Å². The first-order chi connectivity index (χ1) is 9.24. The van der Waals surface area contributed by atoms with Gasteiger partial charge in [0.2, 0.25) is 0 Å². The molecular weight excluding hydrogens is 285 g/mol. The van der Waals surface area contributed by atoms with Crippen LogP contribution in [-0.2, 0) is 9.84 Å². The van der Waals surface area contributed by atoms with Crippen LogP contribution in [0.4, 0.5) is 10.2 Å². The fourth-order valence-corrected chi connectivity index (χ4v) is 2.13. The van der Waals surface area contributed by atoms with E-state index in [-0.39, 0.29) is 23.7 Å². The first-order valence-corrected chi connectivity index (χ1v) is 8.13. The van der Waals surface area contributed by atoms with Crippen molar-refractivity contribution in [1.29, 1.82) is 0 Å². The second-order valence-electron chi connectivity index (χ2n) is 4.44. The zero-order valence-corrected chi connectivity index (χ0v) is 12.5. The molecule has 112 valence electrons. The van der Waals surface area contributed by atoms with E-state index < -0.39 is 21.6 Å². The number of sulfone groups is 1. The summed E-state index contributed by atoms with van der Waals surface area (Å²) < 4.78 is 35.4. The topological polar surface area (TPSA) is 79.4 Å². The maximum absolute atomic E-state index is 13.2. The molecule has 0 aliphatic heterocycles. The number of hydrogen-bond donors (Lipinski definition) is 1. The zero-order valence-electron chi connectivity index (χ0n) is 11.7. The van der Waals surface area contributed by atoms with Crippen molar-refractivity contribution in [3.63, 3.8) is 0 Å². The number of carbonyl (C=O) groups excluding carboxylic acids is 1. The first-order valence-electron chi connectivity index (χ1n) is 6.07. The van der Waals surface area contributed by atoms with Crippen molar-refractivity contribution < 1.29 is 17.6 Å². The minimum absolute atomic E-state index is 0.0414. The Balaban J connectivity index is 2.92. The van der Waals surface area contributed by atoms with Crippen LogP contribution >= 0.6 is 0 Å². The zero-order chi connectivity index (χ0) is 15.3. The molecule has 1 amide bonds. The Hall–Kier alpha value is -1.70. The van der Waals surface area contributed by atoms with Gasteiger partial charge in [-0.1, -0.05) is 0 Å². The fraction of sp³-hybridized carbons (Fsp3) is 0.500. The van der Waals surface area contributed by atoms with Crippen molar-refractivity contribution in [2.24, 2.45) is 0 Å². The Morgan fingerprint density at radius 1 is 1.50 bits per heavy atom. The number of rotatable bonds is 6. The van der Waals surface area contributed by atoms with Gasteiger partial charge in [0.05, 0.1) is 17.5 Å².